The van der Waals surface area contributed by atoms with Gasteiger partial charge in [0, 0.05) is 6.54 Å². The lowest BCUT2D eigenvalue weighted by Gasteiger charge is -2.19. The number of rotatable bonds is 7. The van der Waals surface area contributed by atoms with Gasteiger partial charge in [-0.1, -0.05) is 54.6 Å². The minimum absolute atomic E-state index is 0.0497. The molecule has 0 aliphatic heterocycles. The Kier molecular flexibility index (Phi) is 5.91. The average Bonchev–Trinajstić information content (AvgIpc) is 2.75. The minimum Gasteiger partial charge on any atom is -0.483 e. The van der Waals surface area contributed by atoms with E-state index in [0.717, 1.165) is 31.4 Å². The van der Waals surface area contributed by atoms with Gasteiger partial charge in [0.1, 0.15) is 5.75 Å². The van der Waals surface area contributed by atoms with Crippen LogP contribution in [0, 0.1) is 0 Å². The molecule has 144 valence electrons. The summed E-state index contributed by atoms with van der Waals surface area (Å²) in [7, 11) is 0. The average molecular weight is 373 g/mol. The van der Waals surface area contributed by atoms with Crippen LogP contribution in [-0.2, 0) is 24.1 Å². The van der Waals surface area contributed by atoms with E-state index in [0.29, 0.717) is 6.54 Å². The summed E-state index contributed by atoms with van der Waals surface area (Å²) in [6.07, 6.45) is 6.49. The Morgan fingerprint density at radius 2 is 1.75 bits per heavy atom. The molecule has 0 bridgehead atoms. The van der Waals surface area contributed by atoms with Gasteiger partial charge in [-0.3, -0.25) is 4.79 Å². The Labute approximate surface area is 166 Å². The van der Waals surface area contributed by atoms with E-state index in [-0.39, 0.29) is 12.5 Å². The van der Waals surface area contributed by atoms with Crippen molar-refractivity contribution >= 4 is 16.7 Å². The third-order valence-corrected chi connectivity index (χ3v) is 5.54. The number of ether oxygens (including phenoxy) is 1. The quantitative estimate of drug-likeness (QED) is 0.602. The van der Waals surface area contributed by atoms with E-state index < -0.39 is 0 Å². The van der Waals surface area contributed by atoms with Crippen LogP contribution in [-0.4, -0.2) is 19.1 Å². The molecule has 0 aromatic heterocycles. The number of hydrogen-bond acceptors (Lipinski definition) is 2. The first-order valence-electron chi connectivity index (χ1n) is 10.3. The second kappa shape index (κ2) is 8.92. The molecule has 3 nitrogen and oxygen atoms in total. The fourth-order valence-electron chi connectivity index (χ4n) is 4.09. The molecule has 1 amide bonds. The maximum atomic E-state index is 12.2. The number of benzene rings is 3. The highest BCUT2D eigenvalue weighted by molar-refractivity contribution is 5.85. The number of amides is 1. The van der Waals surface area contributed by atoms with Gasteiger partial charge >= 0.3 is 0 Å². The molecule has 3 heteroatoms. The molecule has 4 rings (SSSR count). The number of carbonyl (C=O) groups excluding carboxylic acids is 1. The normalized spacial score (nSPS) is 13.1. The van der Waals surface area contributed by atoms with Crippen LogP contribution < -0.4 is 10.1 Å². The highest BCUT2D eigenvalue weighted by Crippen LogP contribution is 2.29. The first-order valence-corrected chi connectivity index (χ1v) is 10.3. The van der Waals surface area contributed by atoms with Crippen molar-refractivity contribution in [2.24, 2.45) is 0 Å². The largest absolute Gasteiger partial charge is 0.483 e. The summed E-state index contributed by atoms with van der Waals surface area (Å²) in [5.74, 6) is 0.828. The summed E-state index contributed by atoms with van der Waals surface area (Å²) in [4.78, 5) is 12.2. The van der Waals surface area contributed by atoms with Crippen LogP contribution in [0.1, 0.15) is 36.0 Å². The van der Waals surface area contributed by atoms with Crippen LogP contribution in [0.5, 0.6) is 5.75 Å². The van der Waals surface area contributed by atoms with Crippen molar-refractivity contribution in [2.75, 3.05) is 13.2 Å². The molecular weight excluding hydrogens is 346 g/mol. The maximum Gasteiger partial charge on any atom is 0.257 e. The molecule has 28 heavy (non-hydrogen) atoms. The molecule has 0 atom stereocenters. The number of nitrogens with one attached hydrogen (secondary N) is 1. The van der Waals surface area contributed by atoms with Crippen LogP contribution >= 0.6 is 0 Å². The minimum atomic E-state index is -0.0497. The van der Waals surface area contributed by atoms with E-state index in [2.05, 4.69) is 53.8 Å². The van der Waals surface area contributed by atoms with Crippen LogP contribution in [0.4, 0.5) is 0 Å². The predicted octanol–water partition coefficient (Wildman–Crippen LogP) is 4.85. The zero-order valence-electron chi connectivity index (χ0n) is 16.2. The van der Waals surface area contributed by atoms with Gasteiger partial charge in [0.15, 0.2) is 6.61 Å². The molecule has 0 heterocycles. The number of carbonyl (C=O) groups is 1. The second-order valence-corrected chi connectivity index (χ2v) is 7.48. The molecule has 0 radical (unpaired) electrons. The Morgan fingerprint density at radius 1 is 0.929 bits per heavy atom. The van der Waals surface area contributed by atoms with Crippen molar-refractivity contribution in [3.05, 3.63) is 77.4 Å². The lowest BCUT2D eigenvalue weighted by atomic mass is 9.91. The van der Waals surface area contributed by atoms with E-state index in [1.54, 1.807) is 0 Å². The molecule has 3 aromatic rings. The van der Waals surface area contributed by atoms with Gasteiger partial charge in [-0.25, -0.2) is 0 Å². The van der Waals surface area contributed by atoms with E-state index in [1.807, 2.05) is 12.1 Å². The summed E-state index contributed by atoms with van der Waals surface area (Å²) in [5, 5.41) is 5.55. The van der Waals surface area contributed by atoms with Gasteiger partial charge in [-0.2, -0.15) is 0 Å². The summed E-state index contributed by atoms with van der Waals surface area (Å²) < 4.78 is 5.83. The fraction of sp³-hybridized carbons (Fsp3) is 0.320. The van der Waals surface area contributed by atoms with Crippen molar-refractivity contribution < 1.29 is 9.53 Å². The van der Waals surface area contributed by atoms with Crippen molar-refractivity contribution in [1.82, 2.24) is 5.32 Å². The molecule has 0 saturated carbocycles. The topological polar surface area (TPSA) is 38.3 Å². The van der Waals surface area contributed by atoms with Gasteiger partial charge in [0.25, 0.3) is 5.91 Å². The zero-order valence-corrected chi connectivity index (χ0v) is 16.2. The molecule has 1 aliphatic carbocycles. The van der Waals surface area contributed by atoms with Gasteiger partial charge in [-0.15, -0.1) is 0 Å². The van der Waals surface area contributed by atoms with Gasteiger partial charge in [0.2, 0.25) is 0 Å². The van der Waals surface area contributed by atoms with E-state index in [9.17, 15) is 4.79 Å². The smallest absolute Gasteiger partial charge is 0.257 e. The summed E-state index contributed by atoms with van der Waals surface area (Å²) in [5.41, 5.74) is 4.00. The summed E-state index contributed by atoms with van der Waals surface area (Å²) in [6.45, 7) is 0.753. The van der Waals surface area contributed by atoms with Crippen LogP contribution in [0.3, 0.4) is 0 Å². The van der Waals surface area contributed by atoms with Gasteiger partial charge in [-0.05, 0) is 72.1 Å². The summed E-state index contributed by atoms with van der Waals surface area (Å²) >= 11 is 0. The molecule has 0 unspecified atom stereocenters. The van der Waals surface area contributed by atoms with Crippen LogP contribution in [0.2, 0.25) is 0 Å². The van der Waals surface area contributed by atoms with E-state index in [1.165, 1.54) is 40.3 Å². The van der Waals surface area contributed by atoms with Crippen molar-refractivity contribution in [3.8, 4) is 5.75 Å². The zero-order chi connectivity index (χ0) is 19.2. The van der Waals surface area contributed by atoms with Crippen LogP contribution in [0.15, 0.2) is 60.7 Å². The Hall–Kier alpha value is -2.81. The number of hydrogen-bond donors (Lipinski definition) is 1. The first kappa shape index (κ1) is 18.5. The highest BCUT2D eigenvalue weighted by Gasteiger charge is 2.14. The lowest BCUT2D eigenvalue weighted by molar-refractivity contribution is -0.123. The molecule has 0 fully saturated rings. The van der Waals surface area contributed by atoms with Crippen molar-refractivity contribution in [2.45, 2.75) is 38.5 Å². The maximum absolute atomic E-state index is 12.2. The van der Waals surface area contributed by atoms with Crippen molar-refractivity contribution in [3.63, 3.8) is 0 Å². The van der Waals surface area contributed by atoms with Crippen LogP contribution in [0.25, 0.3) is 10.8 Å². The Balaban J connectivity index is 1.24. The Morgan fingerprint density at radius 3 is 2.71 bits per heavy atom. The third kappa shape index (κ3) is 4.36. The standard InChI is InChI=1S/C25H27NO2/c27-25(18-28-24-16-6-12-21-9-2-4-15-23(21)24)26-17-7-13-20-11-5-10-19-8-1-3-14-22(19)20/h1,3,5-6,8,10-12,14,16H,2,4,7,9,13,15,17-18H2,(H,26,27). The molecule has 0 saturated heterocycles. The molecule has 1 aliphatic rings. The SMILES string of the molecule is O=C(COc1cccc2c1CCCC2)NCCCc1cccc2ccccc12. The second-order valence-electron chi connectivity index (χ2n) is 7.48. The molecule has 3 aromatic carbocycles. The molecular formula is C25H27NO2. The first-order chi connectivity index (χ1) is 13.8. The lowest BCUT2D eigenvalue weighted by Crippen LogP contribution is -2.30. The fourth-order valence-corrected chi connectivity index (χ4v) is 4.09. The van der Waals surface area contributed by atoms with E-state index >= 15 is 0 Å². The van der Waals surface area contributed by atoms with Gasteiger partial charge in [0.05, 0.1) is 0 Å². The number of aryl methyl sites for hydroxylation is 2. The summed E-state index contributed by atoms with van der Waals surface area (Å²) in [6, 6.07) is 21.0. The van der Waals surface area contributed by atoms with Crippen molar-refractivity contribution in [1.29, 1.82) is 0 Å². The Bertz CT molecular complexity index is 958. The van der Waals surface area contributed by atoms with E-state index in [4.69, 9.17) is 4.74 Å². The number of fused-ring (bicyclic) bond motifs is 2. The van der Waals surface area contributed by atoms with Gasteiger partial charge < -0.3 is 10.1 Å². The third-order valence-electron chi connectivity index (χ3n) is 5.54. The molecule has 1 N–H and O–H groups in total. The predicted molar refractivity (Wildman–Crippen MR) is 114 cm³/mol. The monoisotopic (exact) mass is 373 g/mol. The highest BCUT2D eigenvalue weighted by atomic mass is 16.5. The molecule has 0 spiro atoms.